The van der Waals surface area contributed by atoms with Crippen LogP contribution in [-0.4, -0.2) is 80.6 Å². The van der Waals surface area contributed by atoms with Crippen molar-refractivity contribution in [2.45, 2.75) is 193 Å². The lowest BCUT2D eigenvalue weighted by atomic mass is 10.0. The first-order valence-corrected chi connectivity index (χ1v) is 24.8. The number of allylic oxidation sites excluding steroid dienone is 16. The number of ether oxygens (including phenoxy) is 3. The van der Waals surface area contributed by atoms with Gasteiger partial charge in [0.2, 0.25) is 0 Å². The normalized spacial score (nSPS) is 13.7. The highest BCUT2D eigenvalue weighted by Crippen LogP contribution is 2.15. The van der Waals surface area contributed by atoms with Crippen LogP contribution in [0.5, 0.6) is 0 Å². The Kier molecular flexibility index (Phi) is 42.2. The minimum absolute atomic E-state index is 0.0459. The van der Waals surface area contributed by atoms with Crippen LogP contribution in [0.25, 0.3) is 0 Å². The van der Waals surface area contributed by atoms with Crippen molar-refractivity contribution in [3.63, 3.8) is 0 Å². The summed E-state index contributed by atoms with van der Waals surface area (Å²) in [6, 6.07) is -0.625. The van der Waals surface area contributed by atoms with Crippen LogP contribution in [0.15, 0.2) is 97.2 Å². The molecule has 0 aromatic heterocycles. The van der Waals surface area contributed by atoms with Crippen LogP contribution in [0.2, 0.25) is 0 Å². The van der Waals surface area contributed by atoms with Crippen molar-refractivity contribution in [2.75, 3.05) is 41.0 Å². The van der Waals surface area contributed by atoms with Gasteiger partial charge in [-0.05, 0) is 64.2 Å². The molecular formula is C55H92NO7+. The van der Waals surface area contributed by atoms with Crippen molar-refractivity contribution in [1.29, 1.82) is 0 Å². The van der Waals surface area contributed by atoms with Gasteiger partial charge in [-0.3, -0.25) is 9.59 Å². The number of aliphatic carboxylic acids is 1. The van der Waals surface area contributed by atoms with E-state index < -0.39 is 18.1 Å². The topological polar surface area (TPSA) is 99.1 Å². The molecule has 0 radical (unpaired) electrons. The monoisotopic (exact) mass is 879 g/mol. The van der Waals surface area contributed by atoms with Gasteiger partial charge in [-0.15, -0.1) is 0 Å². The number of nitrogens with zero attached hydrogens (tertiary/aromatic N) is 1. The second-order valence-corrected chi connectivity index (χ2v) is 17.5. The molecule has 0 aromatic carbocycles. The van der Waals surface area contributed by atoms with Gasteiger partial charge in [0.1, 0.15) is 6.61 Å². The standard InChI is InChI=1S/C55H91NO7/c1-6-8-10-12-14-16-18-20-22-24-26-27-28-30-32-34-36-38-40-42-44-46-54(58)63-51(49-61-48-47-52(55(59)60)56(3,4)5)50-62-53(57)45-43-41-39-37-35-33-31-29-25-23-21-19-17-15-13-11-9-7-2/h8,10-11,13-17,19-23,25,29,31,51-52H,6-7,9,12,18,24,26-28,30,32-50H2,1-5H3/p+1/b10-8+,13-11+,16-14+,17-15+,21-19+,22-20+,25-23+,31-29+. The van der Waals surface area contributed by atoms with E-state index in [4.69, 9.17) is 14.2 Å². The van der Waals surface area contributed by atoms with E-state index in [-0.39, 0.29) is 36.2 Å². The fraction of sp³-hybridized carbons (Fsp3) is 0.655. The number of hydrogen-bond donors (Lipinski definition) is 1. The number of hydrogen-bond acceptors (Lipinski definition) is 6. The van der Waals surface area contributed by atoms with Gasteiger partial charge >= 0.3 is 17.9 Å². The maximum atomic E-state index is 12.8. The van der Waals surface area contributed by atoms with E-state index in [9.17, 15) is 19.5 Å². The first kappa shape index (κ1) is 59.2. The van der Waals surface area contributed by atoms with Crippen molar-refractivity contribution < 1.29 is 38.2 Å². The molecule has 0 fully saturated rings. The van der Waals surface area contributed by atoms with Crippen LogP contribution in [-0.2, 0) is 28.6 Å². The maximum Gasteiger partial charge on any atom is 0.362 e. The van der Waals surface area contributed by atoms with Crippen LogP contribution in [0.3, 0.4) is 0 Å². The van der Waals surface area contributed by atoms with Crippen molar-refractivity contribution in [1.82, 2.24) is 0 Å². The highest BCUT2D eigenvalue weighted by atomic mass is 16.6. The zero-order chi connectivity index (χ0) is 46.3. The van der Waals surface area contributed by atoms with Crippen LogP contribution in [0.1, 0.15) is 181 Å². The summed E-state index contributed by atoms with van der Waals surface area (Å²) in [6.45, 7) is 4.50. The number of esters is 2. The summed E-state index contributed by atoms with van der Waals surface area (Å²) in [7, 11) is 5.52. The van der Waals surface area contributed by atoms with E-state index in [1.165, 1.54) is 64.2 Å². The Morgan fingerprint density at radius 3 is 1.46 bits per heavy atom. The number of carbonyl (C=O) groups is 3. The van der Waals surface area contributed by atoms with Crippen LogP contribution in [0, 0.1) is 0 Å². The van der Waals surface area contributed by atoms with Crippen molar-refractivity contribution in [3.8, 4) is 0 Å². The summed E-state index contributed by atoms with van der Waals surface area (Å²) in [5.74, 6) is -1.51. The van der Waals surface area contributed by atoms with Gasteiger partial charge in [0.05, 0.1) is 34.4 Å². The minimum Gasteiger partial charge on any atom is -0.477 e. The molecule has 0 heterocycles. The predicted octanol–water partition coefficient (Wildman–Crippen LogP) is 14.2. The van der Waals surface area contributed by atoms with Gasteiger partial charge in [-0.2, -0.15) is 0 Å². The zero-order valence-corrected chi connectivity index (χ0v) is 40.7. The Morgan fingerprint density at radius 1 is 0.508 bits per heavy atom. The summed E-state index contributed by atoms with van der Waals surface area (Å²) in [5.41, 5.74) is 0. The van der Waals surface area contributed by atoms with Crippen molar-refractivity contribution in [2.24, 2.45) is 0 Å². The number of quaternary nitrogens is 1. The van der Waals surface area contributed by atoms with Gasteiger partial charge in [-0.1, -0.05) is 195 Å². The Labute approximate surface area is 386 Å². The van der Waals surface area contributed by atoms with Crippen molar-refractivity contribution >= 4 is 17.9 Å². The molecular weight excluding hydrogens is 787 g/mol. The minimum atomic E-state index is -0.883. The smallest absolute Gasteiger partial charge is 0.362 e. The van der Waals surface area contributed by atoms with Gasteiger partial charge in [-0.25, -0.2) is 4.79 Å². The molecule has 0 saturated carbocycles. The summed E-state index contributed by atoms with van der Waals surface area (Å²) >= 11 is 0. The second-order valence-electron chi connectivity index (χ2n) is 17.5. The highest BCUT2D eigenvalue weighted by Gasteiger charge is 2.31. The molecule has 8 nitrogen and oxygen atoms in total. The Balaban J connectivity index is 4.33. The van der Waals surface area contributed by atoms with E-state index in [1.807, 2.05) is 57.6 Å². The van der Waals surface area contributed by atoms with E-state index in [0.717, 1.165) is 83.5 Å². The van der Waals surface area contributed by atoms with E-state index in [2.05, 4.69) is 74.6 Å². The predicted molar refractivity (Wildman–Crippen MR) is 266 cm³/mol. The molecule has 0 bridgehead atoms. The zero-order valence-electron chi connectivity index (χ0n) is 40.7. The number of rotatable bonds is 43. The number of carbonyl (C=O) groups excluding carboxylic acids is 2. The molecule has 0 saturated heterocycles. The van der Waals surface area contributed by atoms with E-state index in [0.29, 0.717) is 19.3 Å². The Bertz CT molecular complexity index is 1350. The quantitative estimate of drug-likeness (QED) is 0.0214. The lowest BCUT2D eigenvalue weighted by Gasteiger charge is -2.31. The van der Waals surface area contributed by atoms with Crippen molar-refractivity contribution in [3.05, 3.63) is 97.2 Å². The summed E-state index contributed by atoms with van der Waals surface area (Å²) in [5, 5.41) is 9.65. The third-order valence-electron chi connectivity index (χ3n) is 10.6. The number of unbranched alkanes of at least 4 members (excludes halogenated alkanes) is 17. The van der Waals surface area contributed by atoms with Gasteiger partial charge < -0.3 is 23.8 Å². The number of carboxylic acids is 1. The summed E-state index contributed by atoms with van der Waals surface area (Å²) in [4.78, 5) is 37.1. The first-order chi connectivity index (χ1) is 30.6. The molecule has 0 aliphatic rings. The maximum absolute atomic E-state index is 12.8. The Hall–Kier alpha value is -3.75. The molecule has 0 aliphatic carbocycles. The molecule has 2 unspecified atom stereocenters. The molecule has 2 atom stereocenters. The van der Waals surface area contributed by atoms with Gasteiger partial charge in [0.25, 0.3) is 0 Å². The fourth-order valence-corrected chi connectivity index (χ4v) is 6.78. The van der Waals surface area contributed by atoms with Crippen LogP contribution in [0.4, 0.5) is 0 Å². The first-order valence-electron chi connectivity index (χ1n) is 24.8. The molecule has 0 aromatic rings. The molecule has 1 N–H and O–H groups in total. The van der Waals surface area contributed by atoms with E-state index in [1.54, 1.807) is 0 Å². The average molecular weight is 879 g/mol. The summed E-state index contributed by atoms with van der Waals surface area (Å²) in [6.07, 6.45) is 60.2. The molecule has 0 rings (SSSR count). The van der Waals surface area contributed by atoms with Gasteiger partial charge in [0.15, 0.2) is 12.1 Å². The average Bonchev–Trinajstić information content (AvgIpc) is 3.24. The number of carboxylic acid groups (broad SMARTS) is 1. The number of likely N-dealkylation sites (N-methyl/N-ethyl adjacent to an activating group) is 1. The third kappa shape index (κ3) is 43.3. The molecule has 358 valence electrons. The third-order valence-corrected chi connectivity index (χ3v) is 10.6. The Morgan fingerprint density at radius 2 is 0.952 bits per heavy atom. The SMILES string of the molecule is CC/C=C/C/C=C/C/C=C/CCCCCCCCCCCCCC(=O)OC(COCCC(C(=O)O)[N+](C)(C)C)COC(=O)CCCCCCC/C=C/C=C/C=C/C=C/C=C/CCC. The fourth-order valence-electron chi connectivity index (χ4n) is 6.78. The molecule has 0 aliphatic heterocycles. The second kappa shape index (κ2) is 44.8. The highest BCUT2D eigenvalue weighted by molar-refractivity contribution is 5.72. The summed E-state index contributed by atoms with van der Waals surface area (Å²) < 4.78 is 17.3. The molecule has 63 heavy (non-hydrogen) atoms. The molecule has 0 spiro atoms. The van der Waals surface area contributed by atoms with Crippen LogP contribution < -0.4 is 0 Å². The lowest BCUT2D eigenvalue weighted by molar-refractivity contribution is -0.887. The van der Waals surface area contributed by atoms with E-state index >= 15 is 0 Å². The lowest BCUT2D eigenvalue weighted by Crippen LogP contribution is -2.50. The van der Waals surface area contributed by atoms with Gasteiger partial charge in [0, 0.05) is 19.3 Å². The van der Waals surface area contributed by atoms with Crippen LogP contribution >= 0.6 is 0 Å². The molecule has 0 amide bonds. The largest absolute Gasteiger partial charge is 0.477 e. The molecule has 8 heteroatoms.